The lowest BCUT2D eigenvalue weighted by Crippen LogP contribution is -1.75. The largest absolute Gasteiger partial charge is 0.432 e. The van der Waals surface area contributed by atoms with Crippen molar-refractivity contribution in [1.29, 1.82) is 0 Å². The smallest absolute Gasteiger partial charge is 0.430 e. The molecule has 1 aliphatic carbocycles. The summed E-state index contributed by atoms with van der Waals surface area (Å²) in [4.78, 5) is 0. The van der Waals surface area contributed by atoms with Crippen LogP contribution in [0.15, 0.2) is 24.3 Å². The first-order valence-corrected chi connectivity index (χ1v) is 3.36. The fraction of sp³-hybridized carbons (Fsp3) is 0. The Bertz CT molecular complexity index is 237. The van der Waals surface area contributed by atoms with Crippen molar-refractivity contribution >= 4 is 19.8 Å². The predicted octanol–water partition coefficient (Wildman–Crippen LogP) is 0.408. The van der Waals surface area contributed by atoms with Crippen LogP contribution in [0.5, 0.6) is 0 Å². The highest BCUT2D eigenvalue weighted by Gasteiger charge is 1.94. The van der Waals surface area contributed by atoms with E-state index >= 15 is 0 Å². The second kappa shape index (κ2) is 3.96. The average Bonchev–Trinajstić information content (AvgIpc) is 2.33. The van der Waals surface area contributed by atoms with Gasteiger partial charge in [0.05, 0.1) is 0 Å². The van der Waals surface area contributed by atoms with E-state index in [1.54, 1.807) is 0 Å². The third-order valence-corrected chi connectivity index (χ3v) is 1.38. The summed E-state index contributed by atoms with van der Waals surface area (Å²) in [7, 11) is -0.750. The van der Waals surface area contributed by atoms with E-state index in [0.717, 1.165) is 0 Å². The summed E-state index contributed by atoms with van der Waals surface area (Å²) in [5.74, 6) is 0. The van der Waals surface area contributed by atoms with Gasteiger partial charge in [-0.1, -0.05) is 30.4 Å². The quantitative estimate of drug-likeness (QED) is 0.531. The van der Waals surface area contributed by atoms with Crippen molar-refractivity contribution in [3.05, 3.63) is 35.4 Å². The molecule has 0 fully saturated rings. The summed E-state index contributed by atoms with van der Waals surface area (Å²) in [6, 6.07) is 8.45. The van der Waals surface area contributed by atoms with Gasteiger partial charge in [-0.25, -0.2) is 0 Å². The van der Waals surface area contributed by atoms with Crippen LogP contribution < -0.4 is 0 Å². The van der Waals surface area contributed by atoms with Gasteiger partial charge in [-0.15, -0.1) is 0 Å². The van der Waals surface area contributed by atoms with Gasteiger partial charge in [0.15, 0.2) is 0 Å². The van der Waals surface area contributed by atoms with Crippen LogP contribution in [0.2, 0.25) is 0 Å². The van der Waals surface area contributed by atoms with Gasteiger partial charge in [-0.3, -0.25) is 0 Å². The fourth-order valence-corrected chi connectivity index (χ4v) is 0.959. The molecule has 2 N–H and O–H groups in total. The molecule has 0 radical (unpaired) electrons. The van der Waals surface area contributed by atoms with Crippen LogP contribution in [-0.2, 0) is 0 Å². The number of benzene rings is 1. The van der Waals surface area contributed by atoms with Gasteiger partial charge in [-0.05, 0) is 17.2 Å². The lowest BCUT2D eigenvalue weighted by molar-refractivity contribution is 0.448. The van der Waals surface area contributed by atoms with Gasteiger partial charge in [0, 0.05) is 0 Å². The maximum Gasteiger partial charge on any atom is 0.432 e. The Morgan fingerprint density at radius 1 is 1.00 bits per heavy atom. The zero-order valence-corrected chi connectivity index (χ0v) is 6.07. The van der Waals surface area contributed by atoms with Gasteiger partial charge in [0.1, 0.15) is 0 Å². The van der Waals surface area contributed by atoms with Crippen LogP contribution in [0.25, 0.3) is 12.2 Å². The molecule has 0 saturated carbocycles. The molecule has 0 spiro atoms. The average molecular weight is 148 g/mol. The highest BCUT2D eigenvalue weighted by atomic mass is 16.4. The van der Waals surface area contributed by atoms with Crippen LogP contribution in [0.1, 0.15) is 11.1 Å². The Balaban J connectivity index is 0.000000179. The van der Waals surface area contributed by atoms with Gasteiger partial charge in [-0.2, -0.15) is 0 Å². The van der Waals surface area contributed by atoms with E-state index in [0.29, 0.717) is 0 Å². The molecule has 0 aromatic heterocycles. The second-order valence-corrected chi connectivity index (χ2v) is 2.14. The first-order chi connectivity index (χ1) is 5.36. The van der Waals surface area contributed by atoms with E-state index in [1.807, 2.05) is 0 Å². The molecule has 2 nitrogen and oxygen atoms in total. The van der Waals surface area contributed by atoms with Crippen molar-refractivity contribution in [1.82, 2.24) is 0 Å². The van der Waals surface area contributed by atoms with Gasteiger partial charge >= 0.3 is 7.69 Å². The van der Waals surface area contributed by atoms with Crippen molar-refractivity contribution in [2.45, 2.75) is 0 Å². The lowest BCUT2D eigenvalue weighted by Gasteiger charge is -1.83. The van der Waals surface area contributed by atoms with Crippen LogP contribution in [0.3, 0.4) is 0 Å². The fourth-order valence-electron chi connectivity index (χ4n) is 0.959. The van der Waals surface area contributed by atoms with Crippen molar-refractivity contribution in [3.63, 3.8) is 0 Å². The van der Waals surface area contributed by atoms with Crippen LogP contribution in [0, 0.1) is 0 Å². The molecule has 0 saturated heterocycles. The number of hydrogen-bond acceptors (Lipinski definition) is 2. The summed E-state index contributed by atoms with van der Waals surface area (Å²) >= 11 is 0. The molecule has 56 valence electrons. The summed E-state index contributed by atoms with van der Waals surface area (Å²) < 4.78 is 0. The topological polar surface area (TPSA) is 40.5 Å². The minimum atomic E-state index is -0.750. The summed E-state index contributed by atoms with van der Waals surface area (Å²) in [6.45, 7) is 0. The predicted molar refractivity (Wildman–Crippen MR) is 47.0 cm³/mol. The number of hydrogen-bond donors (Lipinski definition) is 2. The summed E-state index contributed by atoms with van der Waals surface area (Å²) in [5.41, 5.74) is 2.64. The van der Waals surface area contributed by atoms with Crippen LogP contribution in [-0.4, -0.2) is 17.7 Å². The highest BCUT2D eigenvalue weighted by Crippen LogP contribution is 2.16. The number of rotatable bonds is 0. The molecule has 1 aliphatic rings. The molecule has 11 heavy (non-hydrogen) atoms. The molecule has 0 atom stereocenters. The van der Waals surface area contributed by atoms with Crippen molar-refractivity contribution in [3.8, 4) is 0 Å². The maximum atomic E-state index is 7.12. The molecular weight excluding hydrogens is 139 g/mol. The SMILES string of the molecule is C1=Cc2cccc1c2.OBO. The molecule has 1 aromatic rings. The first kappa shape index (κ1) is 8.05. The Labute approximate surface area is 66.1 Å². The Kier molecular flexibility index (Phi) is 2.89. The van der Waals surface area contributed by atoms with E-state index in [2.05, 4.69) is 36.4 Å². The zero-order chi connectivity index (χ0) is 8.10. The third kappa shape index (κ3) is 2.22. The summed E-state index contributed by atoms with van der Waals surface area (Å²) in [6.07, 6.45) is 4.24. The molecule has 0 heterocycles. The third-order valence-electron chi connectivity index (χ3n) is 1.38. The number of fused-ring (bicyclic) bond motifs is 2. The highest BCUT2D eigenvalue weighted by molar-refractivity contribution is 6.13. The molecule has 3 heteroatoms. The molecule has 0 unspecified atom stereocenters. The second-order valence-electron chi connectivity index (χ2n) is 2.14. The van der Waals surface area contributed by atoms with E-state index in [4.69, 9.17) is 10.0 Å². The van der Waals surface area contributed by atoms with Crippen molar-refractivity contribution in [2.75, 3.05) is 0 Å². The van der Waals surface area contributed by atoms with E-state index in [-0.39, 0.29) is 0 Å². The molecule has 0 aliphatic heterocycles. The Morgan fingerprint density at radius 3 is 1.82 bits per heavy atom. The molecule has 2 bridgehead atoms. The maximum absolute atomic E-state index is 7.12. The van der Waals surface area contributed by atoms with Gasteiger partial charge in [0.2, 0.25) is 0 Å². The Hall–Kier alpha value is -1.06. The van der Waals surface area contributed by atoms with Crippen LogP contribution in [0.4, 0.5) is 0 Å². The summed E-state index contributed by atoms with van der Waals surface area (Å²) in [5, 5.41) is 14.2. The molecule has 2 rings (SSSR count). The first-order valence-electron chi connectivity index (χ1n) is 3.36. The normalized spacial score (nSPS) is 10.4. The minimum Gasteiger partial charge on any atom is -0.430 e. The monoisotopic (exact) mass is 148 g/mol. The van der Waals surface area contributed by atoms with Gasteiger partial charge < -0.3 is 10.0 Å². The molecule has 0 amide bonds. The molecule has 1 aromatic carbocycles. The van der Waals surface area contributed by atoms with Crippen molar-refractivity contribution in [2.24, 2.45) is 0 Å². The van der Waals surface area contributed by atoms with Crippen LogP contribution >= 0.6 is 0 Å². The minimum absolute atomic E-state index is 0.750. The van der Waals surface area contributed by atoms with E-state index in [9.17, 15) is 0 Å². The van der Waals surface area contributed by atoms with E-state index < -0.39 is 7.69 Å². The van der Waals surface area contributed by atoms with Gasteiger partial charge in [0.25, 0.3) is 0 Å². The zero-order valence-electron chi connectivity index (χ0n) is 6.07. The van der Waals surface area contributed by atoms with Crippen molar-refractivity contribution < 1.29 is 10.0 Å². The standard InChI is InChI=1S/C8H6.BH3O2/c1-2-7-4-5-8(3-1)6-7;2-1-3/h1-6H;1-3H. The lowest BCUT2D eigenvalue weighted by atomic mass is 10.2. The van der Waals surface area contributed by atoms with E-state index in [1.165, 1.54) is 11.1 Å². The Morgan fingerprint density at radius 2 is 1.45 bits per heavy atom. The molecular formula is C8H9BO2.